The summed E-state index contributed by atoms with van der Waals surface area (Å²) < 4.78 is 5.84. The van der Waals surface area contributed by atoms with Crippen molar-refractivity contribution in [1.29, 1.82) is 0 Å². The van der Waals surface area contributed by atoms with E-state index in [4.69, 9.17) is 9.41 Å². The summed E-state index contributed by atoms with van der Waals surface area (Å²) in [4.78, 5) is 22.9. The molecule has 0 bridgehead atoms. The summed E-state index contributed by atoms with van der Waals surface area (Å²) in [6.07, 6.45) is 9.48. The zero-order valence-electron chi connectivity index (χ0n) is 21.2. The second-order valence-corrected chi connectivity index (χ2v) is 9.60. The van der Waals surface area contributed by atoms with Gasteiger partial charge in [-0.2, -0.15) is 0 Å². The van der Waals surface area contributed by atoms with Crippen LogP contribution in [0.4, 0.5) is 5.69 Å². The molecule has 4 rings (SSSR count). The number of anilines is 1. The van der Waals surface area contributed by atoms with E-state index in [1.807, 2.05) is 25.1 Å². The number of fused-ring (bicyclic) bond motifs is 1. The minimum Gasteiger partial charge on any atom is -0.422 e. The van der Waals surface area contributed by atoms with Gasteiger partial charge in [0, 0.05) is 48.4 Å². The lowest BCUT2D eigenvalue weighted by Crippen LogP contribution is -2.28. The summed E-state index contributed by atoms with van der Waals surface area (Å²) in [7, 11) is 2.17. The van der Waals surface area contributed by atoms with Crippen molar-refractivity contribution in [1.82, 2.24) is 4.90 Å². The maximum atomic E-state index is 13.1. The van der Waals surface area contributed by atoms with Gasteiger partial charge < -0.3 is 14.2 Å². The first kappa shape index (κ1) is 24.2. The number of benzene rings is 1. The van der Waals surface area contributed by atoms with E-state index in [1.165, 1.54) is 5.57 Å². The molecule has 0 amide bonds. The second kappa shape index (κ2) is 10.6. The maximum absolute atomic E-state index is 13.1. The van der Waals surface area contributed by atoms with Crippen LogP contribution in [0, 0.1) is 5.92 Å². The number of hydrogen-bond acceptors (Lipinski definition) is 5. The lowest BCUT2D eigenvalue weighted by molar-refractivity contribution is 0.360. The number of rotatable bonds is 4. The molecule has 1 unspecified atom stereocenters. The first-order valence-corrected chi connectivity index (χ1v) is 12.5. The van der Waals surface area contributed by atoms with E-state index in [-0.39, 0.29) is 5.63 Å². The Kier molecular flexibility index (Phi) is 7.52. The van der Waals surface area contributed by atoms with Gasteiger partial charge in [0.05, 0.1) is 11.3 Å². The first-order valence-electron chi connectivity index (χ1n) is 12.5. The van der Waals surface area contributed by atoms with Crippen molar-refractivity contribution in [3.63, 3.8) is 0 Å². The molecule has 0 spiro atoms. The van der Waals surface area contributed by atoms with Gasteiger partial charge in [-0.05, 0) is 77.4 Å². The maximum Gasteiger partial charge on any atom is 0.345 e. The Morgan fingerprint density at radius 1 is 1.18 bits per heavy atom. The molecular formula is C29H37N3O2. The molecule has 1 saturated heterocycles. The third-order valence-corrected chi connectivity index (χ3v) is 7.05. The molecule has 0 radical (unpaired) electrons. The van der Waals surface area contributed by atoms with Crippen molar-refractivity contribution < 1.29 is 4.42 Å². The Morgan fingerprint density at radius 3 is 2.76 bits per heavy atom. The van der Waals surface area contributed by atoms with Crippen molar-refractivity contribution in [2.75, 3.05) is 38.1 Å². The van der Waals surface area contributed by atoms with Crippen LogP contribution in [0.2, 0.25) is 0 Å². The van der Waals surface area contributed by atoms with Gasteiger partial charge in [-0.1, -0.05) is 30.7 Å². The van der Waals surface area contributed by atoms with Crippen LogP contribution >= 0.6 is 0 Å². The van der Waals surface area contributed by atoms with Gasteiger partial charge in [-0.15, -0.1) is 0 Å². The molecule has 1 fully saturated rings. The Balaban J connectivity index is 1.69. The summed E-state index contributed by atoms with van der Waals surface area (Å²) in [5.74, 6) is 0.339. The summed E-state index contributed by atoms with van der Waals surface area (Å²) in [6.45, 7) is 12.5. The van der Waals surface area contributed by atoms with Crippen molar-refractivity contribution in [3.8, 4) is 0 Å². The summed E-state index contributed by atoms with van der Waals surface area (Å²) in [5.41, 5.74) is 6.08. The average Bonchev–Trinajstić information content (AvgIpc) is 3.12. The number of allylic oxidation sites excluding steroid dienone is 5. The van der Waals surface area contributed by atoms with Crippen molar-refractivity contribution in [2.45, 2.75) is 47.0 Å². The van der Waals surface area contributed by atoms with Crippen LogP contribution in [-0.4, -0.2) is 43.8 Å². The monoisotopic (exact) mass is 459 g/mol. The highest BCUT2D eigenvalue weighted by atomic mass is 16.4. The van der Waals surface area contributed by atoms with Crippen molar-refractivity contribution >= 4 is 28.1 Å². The van der Waals surface area contributed by atoms with E-state index in [0.717, 1.165) is 67.8 Å². The molecule has 180 valence electrons. The van der Waals surface area contributed by atoms with Crippen LogP contribution in [0.25, 0.3) is 16.7 Å². The van der Waals surface area contributed by atoms with E-state index < -0.39 is 0 Å². The van der Waals surface area contributed by atoms with Gasteiger partial charge >= 0.3 is 5.63 Å². The Hall–Kier alpha value is -2.92. The first-order chi connectivity index (χ1) is 16.4. The van der Waals surface area contributed by atoms with Gasteiger partial charge in [0.1, 0.15) is 5.58 Å². The van der Waals surface area contributed by atoms with Crippen LogP contribution in [0.5, 0.6) is 0 Å². The molecule has 1 aromatic heterocycles. The molecule has 1 aliphatic heterocycles. The molecular weight excluding hydrogens is 422 g/mol. The summed E-state index contributed by atoms with van der Waals surface area (Å²) >= 11 is 0. The fraction of sp³-hybridized carbons (Fsp3) is 0.448. The molecule has 0 saturated carbocycles. The van der Waals surface area contributed by atoms with Crippen molar-refractivity contribution in [2.24, 2.45) is 10.9 Å². The van der Waals surface area contributed by atoms with E-state index >= 15 is 0 Å². The number of nitrogens with zero attached hydrogens (tertiary/aromatic N) is 3. The molecule has 5 heteroatoms. The van der Waals surface area contributed by atoms with Gasteiger partial charge in [0.2, 0.25) is 0 Å². The fourth-order valence-electron chi connectivity index (χ4n) is 4.97. The molecule has 2 heterocycles. The quantitative estimate of drug-likeness (QED) is 0.522. The van der Waals surface area contributed by atoms with Crippen LogP contribution in [0.15, 0.2) is 67.8 Å². The Labute approximate surface area is 203 Å². The van der Waals surface area contributed by atoms with E-state index in [2.05, 4.69) is 61.9 Å². The standard InChI is InChI=1S/C29H37N3O2/c1-6-22-10-9-20(3)17-21(4)28(22)30-26(7-2)25-18-23-11-12-24(19-27(23)34-29(25)33)32-14-8-13-31(5)15-16-32/h7,9,11-12,17-19,22H,6,8,10,13-16H2,1-5H3. The normalized spacial score (nSPS) is 21.9. The number of hydrogen-bond donors (Lipinski definition) is 0. The molecule has 1 aliphatic carbocycles. The van der Waals surface area contributed by atoms with Crippen LogP contribution in [0.3, 0.4) is 0 Å². The van der Waals surface area contributed by atoms with Gasteiger partial charge in [-0.3, -0.25) is 4.99 Å². The SMILES string of the molecule is CC=C(N=C1C(C)=CC(C)=CCC1CC)c1cc2ccc(N3CCCN(C)CC3)cc2oc1=O. The summed E-state index contributed by atoms with van der Waals surface area (Å²) in [5, 5.41) is 0.919. The van der Waals surface area contributed by atoms with E-state index in [1.54, 1.807) is 0 Å². The van der Waals surface area contributed by atoms with Crippen LogP contribution in [0.1, 0.15) is 52.5 Å². The molecule has 1 atom stereocenters. The Bertz CT molecular complexity index is 1230. The van der Waals surface area contributed by atoms with Gasteiger partial charge in [-0.25, -0.2) is 4.79 Å². The van der Waals surface area contributed by atoms with E-state index in [0.29, 0.717) is 22.8 Å². The van der Waals surface area contributed by atoms with Crippen LogP contribution < -0.4 is 10.5 Å². The smallest absolute Gasteiger partial charge is 0.345 e. The van der Waals surface area contributed by atoms with Crippen LogP contribution in [-0.2, 0) is 0 Å². The van der Waals surface area contributed by atoms with Gasteiger partial charge in [0.25, 0.3) is 0 Å². The molecule has 34 heavy (non-hydrogen) atoms. The third kappa shape index (κ3) is 5.25. The highest BCUT2D eigenvalue weighted by Gasteiger charge is 2.20. The lowest BCUT2D eigenvalue weighted by atomic mass is 9.93. The predicted octanol–water partition coefficient (Wildman–Crippen LogP) is 6.06. The summed E-state index contributed by atoms with van der Waals surface area (Å²) in [6, 6.07) is 8.14. The molecule has 0 N–H and O–H groups in total. The minimum atomic E-state index is -0.338. The third-order valence-electron chi connectivity index (χ3n) is 7.05. The number of aliphatic imine (C=N–C) groups is 1. The number of likely N-dealkylation sites (N-methyl/N-ethyl adjacent to an activating group) is 1. The highest BCUT2D eigenvalue weighted by Crippen LogP contribution is 2.28. The second-order valence-electron chi connectivity index (χ2n) is 9.60. The zero-order valence-corrected chi connectivity index (χ0v) is 21.2. The highest BCUT2D eigenvalue weighted by molar-refractivity contribution is 6.05. The molecule has 2 aromatic rings. The molecule has 5 nitrogen and oxygen atoms in total. The topological polar surface area (TPSA) is 49.0 Å². The Morgan fingerprint density at radius 2 is 2.00 bits per heavy atom. The largest absolute Gasteiger partial charge is 0.422 e. The fourth-order valence-corrected chi connectivity index (χ4v) is 4.97. The predicted molar refractivity (Wildman–Crippen MR) is 144 cm³/mol. The lowest BCUT2D eigenvalue weighted by Gasteiger charge is -2.23. The molecule has 2 aliphatic rings. The minimum absolute atomic E-state index is 0.338. The molecule has 1 aromatic carbocycles. The van der Waals surface area contributed by atoms with E-state index in [9.17, 15) is 4.79 Å². The zero-order chi connectivity index (χ0) is 24.2. The van der Waals surface area contributed by atoms with Crippen molar-refractivity contribution in [3.05, 3.63) is 69.6 Å². The average molecular weight is 460 g/mol. The van der Waals surface area contributed by atoms with Gasteiger partial charge in [0.15, 0.2) is 0 Å².